The van der Waals surface area contributed by atoms with Crippen molar-refractivity contribution in [3.63, 3.8) is 0 Å². The van der Waals surface area contributed by atoms with Gasteiger partial charge in [-0.25, -0.2) is 4.98 Å². The van der Waals surface area contributed by atoms with Crippen molar-refractivity contribution in [1.29, 1.82) is 0 Å². The molecule has 3 N–H and O–H groups in total. The highest BCUT2D eigenvalue weighted by molar-refractivity contribution is 5.91. The summed E-state index contributed by atoms with van der Waals surface area (Å²) < 4.78 is 0. The minimum atomic E-state index is -0.0905. The number of amides is 1. The van der Waals surface area contributed by atoms with E-state index in [-0.39, 0.29) is 11.8 Å². The molecule has 3 aromatic rings. The van der Waals surface area contributed by atoms with Crippen molar-refractivity contribution in [2.24, 2.45) is 0 Å². The van der Waals surface area contributed by atoms with E-state index in [0.29, 0.717) is 6.42 Å². The van der Waals surface area contributed by atoms with Crippen molar-refractivity contribution in [2.75, 3.05) is 5.32 Å². The van der Waals surface area contributed by atoms with Crippen LogP contribution in [0.1, 0.15) is 34.9 Å². The number of imidazole rings is 1. The smallest absolute Gasteiger partial charge is 0.225 e. The molecular formula is C20H20N4O. The normalized spacial score (nSPS) is 14.1. The van der Waals surface area contributed by atoms with Crippen LogP contribution in [-0.2, 0) is 17.9 Å². The summed E-state index contributed by atoms with van der Waals surface area (Å²) in [6.07, 6.45) is 3.85. The fraction of sp³-hybridized carbons (Fsp3) is 0.200. The maximum Gasteiger partial charge on any atom is 0.225 e. The molecule has 1 aliphatic heterocycles. The standard InChI is InChI=1S/C20H20N4O/c25-19(24-17-7-6-15-12-21-13-16(15)10-17)11-18(20-22-8-9-23-20)14-4-2-1-3-5-14/h1-10,18,21H,11-13H2,(H,22,23)(H,24,25). The quantitative estimate of drug-likeness (QED) is 0.672. The van der Waals surface area contributed by atoms with Crippen molar-refractivity contribution in [3.8, 4) is 0 Å². The Hall–Kier alpha value is -2.92. The molecule has 4 rings (SSSR count). The first-order valence-corrected chi connectivity index (χ1v) is 8.46. The first-order chi connectivity index (χ1) is 12.3. The van der Waals surface area contributed by atoms with Crippen LogP contribution in [0.4, 0.5) is 5.69 Å². The summed E-state index contributed by atoms with van der Waals surface area (Å²) in [5.41, 5.74) is 4.48. The van der Waals surface area contributed by atoms with Crippen molar-refractivity contribution in [2.45, 2.75) is 25.4 Å². The van der Waals surface area contributed by atoms with Gasteiger partial charge in [-0.3, -0.25) is 4.79 Å². The number of hydrogen-bond donors (Lipinski definition) is 3. The van der Waals surface area contributed by atoms with Crippen LogP contribution >= 0.6 is 0 Å². The second-order valence-electron chi connectivity index (χ2n) is 6.28. The average molecular weight is 332 g/mol. The number of rotatable bonds is 5. The number of fused-ring (bicyclic) bond motifs is 1. The Labute approximate surface area is 146 Å². The number of anilines is 1. The lowest BCUT2D eigenvalue weighted by Gasteiger charge is -2.15. The number of aromatic nitrogens is 2. The minimum absolute atomic E-state index is 0.0174. The summed E-state index contributed by atoms with van der Waals surface area (Å²) in [5, 5.41) is 6.34. The Morgan fingerprint density at radius 2 is 1.96 bits per heavy atom. The number of benzene rings is 2. The predicted octanol–water partition coefficient (Wildman–Crippen LogP) is 3.17. The van der Waals surface area contributed by atoms with Crippen molar-refractivity contribution >= 4 is 11.6 Å². The van der Waals surface area contributed by atoms with Crippen LogP contribution in [0, 0.1) is 0 Å². The number of carbonyl (C=O) groups is 1. The molecule has 25 heavy (non-hydrogen) atoms. The topological polar surface area (TPSA) is 69.8 Å². The molecule has 1 atom stereocenters. The van der Waals surface area contributed by atoms with Crippen LogP contribution in [0.15, 0.2) is 60.9 Å². The van der Waals surface area contributed by atoms with Gasteiger partial charge in [0.2, 0.25) is 5.91 Å². The van der Waals surface area contributed by atoms with Crippen LogP contribution < -0.4 is 10.6 Å². The predicted molar refractivity (Wildman–Crippen MR) is 97.1 cm³/mol. The van der Waals surface area contributed by atoms with Gasteiger partial charge in [0.15, 0.2) is 0 Å². The molecule has 0 bridgehead atoms. The van der Waals surface area contributed by atoms with Gasteiger partial charge in [0.25, 0.3) is 0 Å². The zero-order chi connectivity index (χ0) is 17.1. The van der Waals surface area contributed by atoms with E-state index >= 15 is 0 Å². The molecule has 0 spiro atoms. The second kappa shape index (κ2) is 6.91. The first-order valence-electron chi connectivity index (χ1n) is 8.46. The van der Waals surface area contributed by atoms with Crippen molar-refractivity contribution < 1.29 is 4.79 Å². The minimum Gasteiger partial charge on any atom is -0.348 e. The molecule has 0 radical (unpaired) electrons. The second-order valence-corrected chi connectivity index (χ2v) is 6.28. The van der Waals surface area contributed by atoms with E-state index in [1.165, 1.54) is 11.1 Å². The zero-order valence-corrected chi connectivity index (χ0v) is 13.8. The van der Waals surface area contributed by atoms with Gasteiger partial charge in [-0.05, 0) is 28.8 Å². The van der Waals surface area contributed by atoms with Crippen LogP contribution in [0.5, 0.6) is 0 Å². The Balaban J connectivity index is 1.51. The van der Waals surface area contributed by atoms with Crippen LogP contribution in [0.2, 0.25) is 0 Å². The van der Waals surface area contributed by atoms with Gasteiger partial charge in [-0.1, -0.05) is 36.4 Å². The molecule has 1 aromatic heterocycles. The van der Waals surface area contributed by atoms with Gasteiger partial charge in [0.05, 0.1) is 5.92 Å². The van der Waals surface area contributed by atoms with Gasteiger partial charge in [-0.2, -0.15) is 0 Å². The van der Waals surface area contributed by atoms with E-state index in [4.69, 9.17) is 0 Å². The lowest BCUT2D eigenvalue weighted by molar-refractivity contribution is -0.116. The van der Waals surface area contributed by atoms with Crippen LogP contribution in [-0.4, -0.2) is 15.9 Å². The maximum absolute atomic E-state index is 12.6. The Morgan fingerprint density at radius 3 is 2.76 bits per heavy atom. The number of nitrogens with one attached hydrogen (secondary N) is 3. The fourth-order valence-corrected chi connectivity index (χ4v) is 3.30. The SMILES string of the molecule is O=C(CC(c1ccccc1)c1ncc[nH]1)Nc1ccc2c(c1)CNC2. The number of hydrogen-bond acceptors (Lipinski definition) is 3. The summed E-state index contributed by atoms with van der Waals surface area (Å²) in [6.45, 7) is 1.76. The van der Waals surface area contributed by atoms with E-state index in [9.17, 15) is 4.79 Å². The van der Waals surface area contributed by atoms with Gasteiger partial charge in [0.1, 0.15) is 5.82 Å². The average Bonchev–Trinajstić information content (AvgIpc) is 3.31. The molecule has 1 amide bonds. The number of aromatic amines is 1. The third kappa shape index (κ3) is 3.46. The van der Waals surface area contributed by atoms with E-state index in [0.717, 1.165) is 30.2 Å². The highest BCUT2D eigenvalue weighted by Crippen LogP contribution is 2.26. The molecule has 5 nitrogen and oxygen atoms in total. The largest absolute Gasteiger partial charge is 0.348 e. The molecule has 0 saturated heterocycles. The molecule has 126 valence electrons. The summed E-state index contributed by atoms with van der Waals surface area (Å²) in [7, 11) is 0. The zero-order valence-electron chi connectivity index (χ0n) is 13.8. The molecular weight excluding hydrogens is 312 g/mol. The number of H-pyrrole nitrogens is 1. The maximum atomic E-state index is 12.6. The lowest BCUT2D eigenvalue weighted by atomic mass is 9.94. The highest BCUT2D eigenvalue weighted by Gasteiger charge is 2.20. The monoisotopic (exact) mass is 332 g/mol. The van der Waals surface area contributed by atoms with E-state index in [1.807, 2.05) is 36.4 Å². The summed E-state index contributed by atoms with van der Waals surface area (Å²) in [6, 6.07) is 16.1. The lowest BCUT2D eigenvalue weighted by Crippen LogP contribution is -2.17. The Morgan fingerprint density at radius 1 is 1.12 bits per heavy atom. The molecule has 0 aliphatic carbocycles. The fourth-order valence-electron chi connectivity index (χ4n) is 3.30. The molecule has 1 unspecified atom stereocenters. The van der Waals surface area contributed by atoms with Crippen LogP contribution in [0.3, 0.4) is 0 Å². The van der Waals surface area contributed by atoms with Gasteiger partial charge in [-0.15, -0.1) is 0 Å². The summed E-state index contributed by atoms with van der Waals surface area (Å²) in [4.78, 5) is 20.1. The third-order valence-electron chi connectivity index (χ3n) is 4.56. The molecule has 5 heteroatoms. The third-order valence-corrected chi connectivity index (χ3v) is 4.56. The molecule has 1 aliphatic rings. The van der Waals surface area contributed by atoms with Crippen molar-refractivity contribution in [1.82, 2.24) is 15.3 Å². The van der Waals surface area contributed by atoms with Crippen LogP contribution in [0.25, 0.3) is 0 Å². The van der Waals surface area contributed by atoms with E-state index in [2.05, 4.69) is 32.7 Å². The summed E-state index contributed by atoms with van der Waals surface area (Å²) in [5.74, 6) is 0.697. The number of carbonyl (C=O) groups excluding carboxylic acids is 1. The highest BCUT2D eigenvalue weighted by atomic mass is 16.1. The molecule has 0 saturated carbocycles. The molecule has 2 heterocycles. The summed E-state index contributed by atoms with van der Waals surface area (Å²) >= 11 is 0. The first kappa shape index (κ1) is 15.6. The van der Waals surface area contributed by atoms with Gasteiger partial charge < -0.3 is 15.6 Å². The van der Waals surface area contributed by atoms with Crippen molar-refractivity contribution in [3.05, 3.63) is 83.4 Å². The van der Waals surface area contributed by atoms with Gasteiger partial charge >= 0.3 is 0 Å². The number of nitrogens with zero attached hydrogens (tertiary/aromatic N) is 1. The molecule has 0 fully saturated rings. The Kier molecular flexibility index (Phi) is 4.31. The van der Waals surface area contributed by atoms with Gasteiger partial charge in [0, 0.05) is 37.6 Å². The van der Waals surface area contributed by atoms with E-state index in [1.54, 1.807) is 12.4 Å². The Bertz CT molecular complexity index is 859. The van der Waals surface area contributed by atoms with E-state index < -0.39 is 0 Å². The molecule has 2 aromatic carbocycles.